The summed E-state index contributed by atoms with van der Waals surface area (Å²) in [7, 11) is 0. The molecule has 2 aromatic carbocycles. The number of aromatic amines is 1. The number of hydrogen-bond acceptors (Lipinski definition) is 3. The van der Waals surface area contributed by atoms with E-state index in [2.05, 4.69) is 15.3 Å². The maximum Gasteiger partial charge on any atom is 0.216 e. The minimum absolute atomic E-state index is 0.322. The molecular formula is C15H10ClFN4S. The van der Waals surface area contributed by atoms with Gasteiger partial charge in [-0.2, -0.15) is 14.9 Å². The van der Waals surface area contributed by atoms with Crippen molar-refractivity contribution in [1.82, 2.24) is 14.9 Å². The van der Waals surface area contributed by atoms with E-state index in [9.17, 15) is 4.39 Å². The molecule has 0 aliphatic heterocycles. The van der Waals surface area contributed by atoms with E-state index in [4.69, 9.17) is 23.8 Å². The summed E-state index contributed by atoms with van der Waals surface area (Å²) < 4.78 is 15.0. The van der Waals surface area contributed by atoms with Crippen LogP contribution in [0.5, 0.6) is 0 Å². The topological polar surface area (TPSA) is 46.0 Å². The van der Waals surface area contributed by atoms with Crippen LogP contribution in [-0.2, 0) is 0 Å². The zero-order chi connectivity index (χ0) is 15.5. The molecule has 0 bridgehead atoms. The molecule has 22 heavy (non-hydrogen) atoms. The first kappa shape index (κ1) is 14.6. The quantitative estimate of drug-likeness (QED) is 0.574. The van der Waals surface area contributed by atoms with E-state index in [1.54, 1.807) is 18.2 Å². The molecule has 0 aliphatic carbocycles. The van der Waals surface area contributed by atoms with Gasteiger partial charge in [0.2, 0.25) is 4.77 Å². The molecule has 0 amide bonds. The summed E-state index contributed by atoms with van der Waals surface area (Å²) in [6, 6.07) is 13.4. The van der Waals surface area contributed by atoms with Crippen LogP contribution in [0.4, 0.5) is 4.39 Å². The smallest absolute Gasteiger partial charge is 0.216 e. The molecule has 4 nitrogen and oxygen atoms in total. The van der Waals surface area contributed by atoms with Gasteiger partial charge < -0.3 is 0 Å². The molecule has 3 aromatic rings. The molecular weight excluding hydrogens is 323 g/mol. The average Bonchev–Trinajstić information content (AvgIpc) is 2.87. The predicted molar refractivity (Wildman–Crippen MR) is 87.2 cm³/mol. The van der Waals surface area contributed by atoms with Crippen LogP contribution in [0, 0.1) is 10.6 Å². The number of aromatic nitrogens is 3. The summed E-state index contributed by atoms with van der Waals surface area (Å²) in [4.78, 5) is 0. The van der Waals surface area contributed by atoms with Crippen LogP contribution < -0.4 is 0 Å². The second-order valence-electron chi connectivity index (χ2n) is 4.44. The highest BCUT2D eigenvalue weighted by Gasteiger charge is 2.11. The van der Waals surface area contributed by atoms with Crippen LogP contribution in [0.25, 0.3) is 11.4 Å². The Hall–Kier alpha value is -2.31. The molecule has 0 atom stereocenters. The van der Waals surface area contributed by atoms with E-state index in [0.29, 0.717) is 26.7 Å². The van der Waals surface area contributed by atoms with Crippen molar-refractivity contribution in [2.24, 2.45) is 5.10 Å². The van der Waals surface area contributed by atoms with Crippen molar-refractivity contribution in [3.8, 4) is 11.4 Å². The highest BCUT2D eigenvalue weighted by Crippen LogP contribution is 2.25. The fraction of sp³-hybridized carbons (Fsp3) is 0. The van der Waals surface area contributed by atoms with Gasteiger partial charge in [-0.1, -0.05) is 35.9 Å². The van der Waals surface area contributed by atoms with E-state index in [-0.39, 0.29) is 5.82 Å². The molecule has 3 rings (SSSR count). The lowest BCUT2D eigenvalue weighted by Gasteiger charge is -2.02. The number of rotatable bonds is 3. The maximum atomic E-state index is 13.2. The van der Waals surface area contributed by atoms with Gasteiger partial charge in [0.15, 0.2) is 5.82 Å². The summed E-state index contributed by atoms with van der Waals surface area (Å²) >= 11 is 11.3. The van der Waals surface area contributed by atoms with Crippen molar-refractivity contribution in [3.05, 3.63) is 69.7 Å². The SMILES string of the molecule is Fc1cccc(/C=N\n2c(-c3ccccc3Cl)n[nH]c2=S)c1. The lowest BCUT2D eigenvalue weighted by Crippen LogP contribution is -1.95. The van der Waals surface area contributed by atoms with E-state index >= 15 is 0 Å². The van der Waals surface area contributed by atoms with Crippen LogP contribution in [-0.4, -0.2) is 21.1 Å². The molecule has 1 heterocycles. The third-order valence-corrected chi connectivity index (χ3v) is 3.53. The highest BCUT2D eigenvalue weighted by atomic mass is 35.5. The minimum Gasteiger partial charge on any atom is -0.250 e. The van der Waals surface area contributed by atoms with E-state index in [0.717, 1.165) is 0 Å². The summed E-state index contributed by atoms with van der Waals surface area (Å²) in [5.74, 6) is 0.161. The van der Waals surface area contributed by atoms with Crippen molar-refractivity contribution < 1.29 is 4.39 Å². The Bertz CT molecular complexity index is 900. The Kier molecular flexibility index (Phi) is 4.13. The number of nitrogens with zero attached hydrogens (tertiary/aromatic N) is 3. The van der Waals surface area contributed by atoms with Crippen molar-refractivity contribution in [3.63, 3.8) is 0 Å². The molecule has 0 aliphatic rings. The lowest BCUT2D eigenvalue weighted by molar-refractivity contribution is 0.627. The average molecular weight is 333 g/mol. The normalized spacial score (nSPS) is 11.2. The molecule has 7 heteroatoms. The fourth-order valence-electron chi connectivity index (χ4n) is 1.93. The molecule has 0 fully saturated rings. The first-order chi connectivity index (χ1) is 10.6. The standard InChI is InChI=1S/C15H10ClFN4S/c16-13-7-2-1-6-12(13)14-19-20-15(22)21(14)18-9-10-4-3-5-11(17)8-10/h1-9H,(H,20,22)/b18-9-. The third-order valence-electron chi connectivity index (χ3n) is 2.94. The van der Waals surface area contributed by atoms with Crippen molar-refractivity contribution in [2.45, 2.75) is 0 Å². The first-order valence-corrected chi connectivity index (χ1v) is 7.16. The number of benzene rings is 2. The highest BCUT2D eigenvalue weighted by molar-refractivity contribution is 7.71. The molecule has 0 saturated carbocycles. The predicted octanol–water partition coefficient (Wildman–Crippen LogP) is 4.28. The molecule has 0 spiro atoms. The van der Waals surface area contributed by atoms with Gasteiger partial charge in [0.1, 0.15) is 5.82 Å². The second kappa shape index (κ2) is 6.21. The summed E-state index contributed by atoms with van der Waals surface area (Å²) in [5.41, 5.74) is 1.32. The summed E-state index contributed by atoms with van der Waals surface area (Å²) in [5, 5.41) is 11.6. The zero-order valence-corrected chi connectivity index (χ0v) is 12.8. The first-order valence-electron chi connectivity index (χ1n) is 6.37. The Morgan fingerprint density at radius 3 is 2.82 bits per heavy atom. The number of hydrogen-bond donors (Lipinski definition) is 1. The minimum atomic E-state index is -0.328. The van der Waals surface area contributed by atoms with Gasteiger partial charge in [-0.05, 0) is 42.0 Å². The van der Waals surface area contributed by atoms with Gasteiger partial charge in [0.05, 0.1) is 11.2 Å². The Balaban J connectivity index is 2.04. The Morgan fingerprint density at radius 1 is 1.23 bits per heavy atom. The van der Waals surface area contributed by atoms with Gasteiger partial charge in [-0.3, -0.25) is 0 Å². The molecule has 110 valence electrons. The summed E-state index contributed by atoms with van der Waals surface area (Å²) in [6.45, 7) is 0. The molecule has 0 saturated heterocycles. The van der Waals surface area contributed by atoms with E-state index in [1.165, 1.54) is 23.0 Å². The fourth-order valence-corrected chi connectivity index (χ4v) is 2.33. The Morgan fingerprint density at radius 2 is 2.05 bits per heavy atom. The largest absolute Gasteiger partial charge is 0.250 e. The van der Waals surface area contributed by atoms with E-state index < -0.39 is 0 Å². The van der Waals surface area contributed by atoms with Gasteiger partial charge in [-0.15, -0.1) is 0 Å². The number of halogens is 2. The third kappa shape index (κ3) is 2.98. The number of nitrogens with one attached hydrogen (secondary N) is 1. The Labute approximate surface area is 135 Å². The lowest BCUT2D eigenvalue weighted by atomic mass is 10.2. The van der Waals surface area contributed by atoms with Gasteiger partial charge in [-0.25, -0.2) is 9.49 Å². The van der Waals surface area contributed by atoms with Gasteiger partial charge >= 0.3 is 0 Å². The van der Waals surface area contributed by atoms with Crippen molar-refractivity contribution >= 4 is 30.0 Å². The molecule has 0 radical (unpaired) electrons. The van der Waals surface area contributed by atoms with Gasteiger partial charge in [0, 0.05) is 5.56 Å². The van der Waals surface area contributed by atoms with Crippen molar-refractivity contribution in [1.29, 1.82) is 0 Å². The molecule has 1 aromatic heterocycles. The van der Waals surface area contributed by atoms with Crippen LogP contribution in [0.2, 0.25) is 5.02 Å². The van der Waals surface area contributed by atoms with Crippen LogP contribution in [0.1, 0.15) is 5.56 Å². The monoisotopic (exact) mass is 332 g/mol. The molecule has 0 unspecified atom stereocenters. The van der Waals surface area contributed by atoms with Crippen LogP contribution >= 0.6 is 23.8 Å². The van der Waals surface area contributed by atoms with Crippen LogP contribution in [0.3, 0.4) is 0 Å². The van der Waals surface area contributed by atoms with Crippen LogP contribution in [0.15, 0.2) is 53.6 Å². The maximum absolute atomic E-state index is 13.2. The number of H-pyrrole nitrogens is 1. The van der Waals surface area contributed by atoms with E-state index in [1.807, 2.05) is 18.2 Å². The second-order valence-corrected chi connectivity index (χ2v) is 5.24. The summed E-state index contributed by atoms with van der Waals surface area (Å²) in [6.07, 6.45) is 1.51. The van der Waals surface area contributed by atoms with Gasteiger partial charge in [0.25, 0.3) is 0 Å². The zero-order valence-electron chi connectivity index (χ0n) is 11.2. The molecule has 1 N–H and O–H groups in total. The van der Waals surface area contributed by atoms with Crippen molar-refractivity contribution in [2.75, 3.05) is 0 Å².